The lowest BCUT2D eigenvalue weighted by Gasteiger charge is -2.39. The van der Waals surface area contributed by atoms with Gasteiger partial charge in [0.2, 0.25) is 17.7 Å². The number of carbonyl (C=O) groups is 3. The smallest absolute Gasteiger partial charge is 0.240 e. The predicted octanol–water partition coefficient (Wildman–Crippen LogP) is 2.75. The highest BCUT2D eigenvalue weighted by molar-refractivity contribution is 5.87. The Morgan fingerprint density at radius 2 is 1.68 bits per heavy atom. The first kappa shape index (κ1) is 21.8. The minimum atomic E-state index is -0.616. The van der Waals surface area contributed by atoms with Gasteiger partial charge in [-0.1, -0.05) is 49.6 Å². The molecule has 0 unspecified atom stereocenters. The molecule has 2 aliphatic heterocycles. The molecule has 6 nitrogen and oxygen atoms in total. The average Bonchev–Trinajstić information content (AvgIpc) is 2.95. The second-order valence-electron chi connectivity index (χ2n) is 9.62. The van der Waals surface area contributed by atoms with Crippen molar-refractivity contribution in [2.45, 2.75) is 63.8 Å². The van der Waals surface area contributed by atoms with Crippen LogP contribution in [0.2, 0.25) is 0 Å². The second-order valence-corrected chi connectivity index (χ2v) is 9.62. The molecular formula is C25H35N3O3. The van der Waals surface area contributed by atoms with E-state index in [4.69, 9.17) is 5.73 Å². The van der Waals surface area contributed by atoms with Gasteiger partial charge in [0.25, 0.3) is 0 Å². The van der Waals surface area contributed by atoms with Crippen LogP contribution in [0.5, 0.6) is 0 Å². The minimum absolute atomic E-state index is 0.0271. The van der Waals surface area contributed by atoms with Gasteiger partial charge < -0.3 is 15.5 Å². The maximum Gasteiger partial charge on any atom is 0.240 e. The van der Waals surface area contributed by atoms with E-state index in [9.17, 15) is 14.4 Å². The number of amides is 3. The zero-order valence-corrected chi connectivity index (χ0v) is 18.4. The second kappa shape index (κ2) is 9.84. The number of nitrogens with zero attached hydrogens (tertiary/aromatic N) is 2. The van der Waals surface area contributed by atoms with Crippen LogP contribution in [0.4, 0.5) is 0 Å². The Balaban J connectivity index is 1.42. The van der Waals surface area contributed by atoms with Gasteiger partial charge in [0.05, 0.1) is 0 Å². The molecule has 31 heavy (non-hydrogen) atoms. The first-order chi connectivity index (χ1) is 15.0. The molecule has 1 aromatic rings. The Morgan fingerprint density at radius 3 is 2.39 bits per heavy atom. The SMILES string of the molecule is NC(=O)[C@H](Cc1ccccc1)N1CC[C@H]2CN(C(=O)C3CCCCC3)CC[C@H]2CC1=O. The number of primary amides is 1. The van der Waals surface area contributed by atoms with E-state index in [1.807, 2.05) is 30.3 Å². The highest BCUT2D eigenvalue weighted by Crippen LogP contribution is 2.35. The van der Waals surface area contributed by atoms with Gasteiger partial charge in [0.15, 0.2) is 0 Å². The molecule has 3 fully saturated rings. The third-order valence-corrected chi connectivity index (χ3v) is 7.63. The molecule has 1 saturated carbocycles. The van der Waals surface area contributed by atoms with Crippen molar-refractivity contribution in [2.75, 3.05) is 19.6 Å². The maximum absolute atomic E-state index is 13.1. The molecule has 4 rings (SSSR count). The number of hydrogen-bond acceptors (Lipinski definition) is 3. The largest absolute Gasteiger partial charge is 0.368 e. The zero-order valence-electron chi connectivity index (χ0n) is 18.4. The van der Waals surface area contributed by atoms with E-state index in [1.54, 1.807) is 4.90 Å². The van der Waals surface area contributed by atoms with E-state index in [0.29, 0.717) is 31.2 Å². The number of nitrogens with two attached hydrogens (primary N) is 1. The lowest BCUT2D eigenvalue weighted by molar-refractivity contribution is -0.140. The van der Waals surface area contributed by atoms with Gasteiger partial charge >= 0.3 is 0 Å². The molecule has 3 aliphatic rings. The molecule has 0 aromatic heterocycles. The van der Waals surface area contributed by atoms with E-state index in [-0.39, 0.29) is 17.7 Å². The van der Waals surface area contributed by atoms with Crippen molar-refractivity contribution < 1.29 is 14.4 Å². The Labute approximate surface area is 185 Å². The van der Waals surface area contributed by atoms with Crippen LogP contribution in [0.15, 0.2) is 30.3 Å². The quantitative estimate of drug-likeness (QED) is 0.787. The van der Waals surface area contributed by atoms with E-state index < -0.39 is 11.9 Å². The monoisotopic (exact) mass is 425 g/mol. The topological polar surface area (TPSA) is 83.7 Å². The van der Waals surface area contributed by atoms with Crippen molar-refractivity contribution in [3.05, 3.63) is 35.9 Å². The molecule has 1 aliphatic carbocycles. The van der Waals surface area contributed by atoms with Crippen molar-refractivity contribution >= 4 is 17.7 Å². The van der Waals surface area contributed by atoms with Crippen molar-refractivity contribution in [1.82, 2.24) is 9.80 Å². The maximum atomic E-state index is 13.1. The van der Waals surface area contributed by atoms with Crippen LogP contribution in [-0.2, 0) is 20.8 Å². The number of benzene rings is 1. The summed E-state index contributed by atoms with van der Waals surface area (Å²) in [4.78, 5) is 42.2. The lowest BCUT2D eigenvalue weighted by Crippen LogP contribution is -2.49. The van der Waals surface area contributed by atoms with Gasteiger partial charge in [0, 0.05) is 38.4 Å². The molecule has 3 atom stereocenters. The standard InChI is InChI=1S/C25H35N3O3/c26-24(30)22(15-18-7-3-1-4-8-18)28-14-12-21-17-27(13-11-20(21)16-23(28)29)25(31)19-9-5-2-6-10-19/h1,3-4,7-8,19-22H,2,5-6,9-17H2,(H2,26,30)/t20-,21-,22-/m0/s1. The van der Waals surface area contributed by atoms with Crippen LogP contribution in [0.25, 0.3) is 0 Å². The number of fused-ring (bicyclic) bond motifs is 1. The van der Waals surface area contributed by atoms with Crippen molar-refractivity contribution in [1.29, 1.82) is 0 Å². The summed E-state index contributed by atoms with van der Waals surface area (Å²) in [6.45, 7) is 2.04. The highest BCUT2D eigenvalue weighted by Gasteiger charge is 2.40. The van der Waals surface area contributed by atoms with Crippen LogP contribution in [0, 0.1) is 17.8 Å². The summed E-state index contributed by atoms with van der Waals surface area (Å²) in [5.41, 5.74) is 6.74. The van der Waals surface area contributed by atoms with Gasteiger partial charge in [-0.3, -0.25) is 14.4 Å². The summed E-state index contributed by atoms with van der Waals surface area (Å²) in [5, 5.41) is 0. The fraction of sp³-hybridized carbons (Fsp3) is 0.640. The molecule has 0 bridgehead atoms. The molecular weight excluding hydrogens is 390 g/mol. The number of hydrogen-bond donors (Lipinski definition) is 1. The molecule has 0 spiro atoms. The molecule has 0 radical (unpaired) electrons. The van der Waals surface area contributed by atoms with Gasteiger partial charge in [-0.15, -0.1) is 0 Å². The fourth-order valence-electron chi connectivity index (χ4n) is 5.79. The summed E-state index contributed by atoms with van der Waals surface area (Å²) < 4.78 is 0. The fourth-order valence-corrected chi connectivity index (χ4v) is 5.79. The summed E-state index contributed by atoms with van der Waals surface area (Å²) in [6, 6.07) is 9.12. The van der Waals surface area contributed by atoms with Crippen molar-refractivity contribution in [3.63, 3.8) is 0 Å². The summed E-state index contributed by atoms with van der Waals surface area (Å²) in [5.74, 6) is 0.707. The predicted molar refractivity (Wildman–Crippen MR) is 119 cm³/mol. The summed E-state index contributed by atoms with van der Waals surface area (Å²) in [7, 11) is 0. The van der Waals surface area contributed by atoms with E-state index >= 15 is 0 Å². The molecule has 2 saturated heterocycles. The Bertz CT molecular complexity index is 790. The number of likely N-dealkylation sites (tertiary alicyclic amines) is 2. The van der Waals surface area contributed by atoms with Gasteiger partial charge in [0.1, 0.15) is 6.04 Å². The van der Waals surface area contributed by atoms with Crippen LogP contribution in [0.3, 0.4) is 0 Å². The minimum Gasteiger partial charge on any atom is -0.368 e. The molecule has 3 amide bonds. The van der Waals surface area contributed by atoms with E-state index in [1.165, 1.54) is 6.42 Å². The van der Waals surface area contributed by atoms with Crippen LogP contribution in [0.1, 0.15) is 56.9 Å². The Hall–Kier alpha value is -2.37. The van der Waals surface area contributed by atoms with Crippen molar-refractivity contribution in [2.24, 2.45) is 23.5 Å². The van der Waals surface area contributed by atoms with Crippen molar-refractivity contribution in [3.8, 4) is 0 Å². The normalized spacial score (nSPS) is 26.1. The summed E-state index contributed by atoms with van der Waals surface area (Å²) >= 11 is 0. The first-order valence-corrected chi connectivity index (χ1v) is 11.9. The van der Waals surface area contributed by atoms with E-state index in [2.05, 4.69) is 4.90 Å². The van der Waals surface area contributed by atoms with Gasteiger partial charge in [-0.25, -0.2) is 0 Å². The average molecular weight is 426 g/mol. The van der Waals surface area contributed by atoms with Crippen LogP contribution < -0.4 is 5.73 Å². The Morgan fingerprint density at radius 1 is 0.968 bits per heavy atom. The zero-order chi connectivity index (χ0) is 21.8. The van der Waals surface area contributed by atoms with Gasteiger partial charge in [-0.2, -0.15) is 0 Å². The molecule has 168 valence electrons. The lowest BCUT2D eigenvalue weighted by atomic mass is 9.81. The summed E-state index contributed by atoms with van der Waals surface area (Å²) in [6.07, 6.45) is 8.22. The van der Waals surface area contributed by atoms with E-state index in [0.717, 1.165) is 57.2 Å². The van der Waals surface area contributed by atoms with Gasteiger partial charge in [-0.05, 0) is 43.1 Å². The molecule has 2 heterocycles. The third kappa shape index (κ3) is 5.10. The highest BCUT2D eigenvalue weighted by atomic mass is 16.2. The molecule has 6 heteroatoms. The molecule has 2 N–H and O–H groups in total. The van der Waals surface area contributed by atoms with Crippen LogP contribution >= 0.6 is 0 Å². The first-order valence-electron chi connectivity index (χ1n) is 11.9. The van der Waals surface area contributed by atoms with Crippen LogP contribution in [-0.4, -0.2) is 53.2 Å². The Kier molecular flexibility index (Phi) is 6.93. The number of rotatable bonds is 5. The molecule has 1 aromatic carbocycles. The number of piperidine rings is 1. The number of carbonyl (C=O) groups excluding carboxylic acids is 3. The third-order valence-electron chi connectivity index (χ3n) is 7.63.